The number of amides is 3. The predicted molar refractivity (Wildman–Crippen MR) is 152 cm³/mol. The number of likely N-dealkylation sites (tertiary alicyclic amines) is 1. The van der Waals surface area contributed by atoms with Crippen molar-refractivity contribution in [3.63, 3.8) is 0 Å². The highest BCUT2D eigenvalue weighted by atomic mass is 35.5. The molecule has 2 aliphatic carbocycles. The van der Waals surface area contributed by atoms with Gasteiger partial charge in [0.05, 0.1) is 12.5 Å². The van der Waals surface area contributed by atoms with Gasteiger partial charge >= 0.3 is 5.97 Å². The van der Waals surface area contributed by atoms with Crippen LogP contribution in [0.4, 0.5) is 0 Å². The Bertz CT molecular complexity index is 1030. The van der Waals surface area contributed by atoms with Crippen LogP contribution < -0.4 is 10.6 Å². The van der Waals surface area contributed by atoms with E-state index in [1.54, 1.807) is 6.08 Å². The zero-order valence-corrected chi connectivity index (χ0v) is 25.7. The molecule has 9 nitrogen and oxygen atoms in total. The molecule has 1 unspecified atom stereocenters. The lowest BCUT2D eigenvalue weighted by Crippen LogP contribution is -2.56. The SMILES string of the molecule is C=CCCC(NC(=O)[C@@H]1[C@@H]2[C@H](CN1C(=O)[C@@H](C)C(C)(C)C)C2(Cl)Cl)C(=O)C(=O)NCCC(=O)OC1(C)CCCC1. The van der Waals surface area contributed by atoms with E-state index in [0.29, 0.717) is 6.42 Å². The Labute approximate surface area is 247 Å². The number of carbonyl (C=O) groups excluding carboxylic acids is 5. The zero-order valence-electron chi connectivity index (χ0n) is 24.2. The van der Waals surface area contributed by atoms with E-state index in [2.05, 4.69) is 17.2 Å². The molecular weight excluding hydrogens is 557 g/mol. The Hall–Kier alpha value is -2.13. The second-order valence-electron chi connectivity index (χ2n) is 12.8. The summed E-state index contributed by atoms with van der Waals surface area (Å²) in [5.41, 5.74) is -0.799. The summed E-state index contributed by atoms with van der Waals surface area (Å²) in [7, 11) is 0. The molecule has 0 bridgehead atoms. The van der Waals surface area contributed by atoms with Gasteiger partial charge in [-0.25, -0.2) is 0 Å². The van der Waals surface area contributed by atoms with Crippen molar-refractivity contribution in [3.8, 4) is 0 Å². The lowest BCUT2D eigenvalue weighted by atomic mass is 9.81. The first-order chi connectivity index (χ1) is 18.5. The lowest BCUT2D eigenvalue weighted by molar-refractivity contribution is -0.157. The molecule has 0 radical (unpaired) electrons. The maximum absolute atomic E-state index is 13.6. The first-order valence-corrected chi connectivity index (χ1v) is 14.9. The van der Waals surface area contributed by atoms with Gasteiger partial charge in [-0.15, -0.1) is 29.8 Å². The lowest BCUT2D eigenvalue weighted by Gasteiger charge is -2.35. The molecule has 224 valence electrons. The number of halogens is 2. The van der Waals surface area contributed by atoms with Gasteiger partial charge in [0.25, 0.3) is 5.91 Å². The van der Waals surface area contributed by atoms with Crippen LogP contribution in [0, 0.1) is 23.2 Å². The van der Waals surface area contributed by atoms with Gasteiger partial charge in [0.2, 0.25) is 17.6 Å². The third kappa shape index (κ3) is 7.19. The molecule has 5 atom stereocenters. The van der Waals surface area contributed by atoms with E-state index in [0.717, 1.165) is 25.7 Å². The number of Topliss-reactive ketones (excluding diaryl/α,β-unsaturated/α-hetero) is 1. The smallest absolute Gasteiger partial charge is 0.308 e. The minimum atomic E-state index is -1.15. The van der Waals surface area contributed by atoms with Crippen LogP contribution in [0.3, 0.4) is 0 Å². The molecule has 11 heteroatoms. The molecule has 3 amide bonds. The van der Waals surface area contributed by atoms with Crippen LogP contribution >= 0.6 is 23.2 Å². The number of hydrogen-bond acceptors (Lipinski definition) is 6. The van der Waals surface area contributed by atoms with E-state index in [4.69, 9.17) is 27.9 Å². The summed E-state index contributed by atoms with van der Waals surface area (Å²) in [4.78, 5) is 66.4. The van der Waals surface area contributed by atoms with E-state index in [1.807, 2.05) is 34.6 Å². The largest absolute Gasteiger partial charge is 0.459 e. The van der Waals surface area contributed by atoms with E-state index >= 15 is 0 Å². The van der Waals surface area contributed by atoms with Gasteiger partial charge < -0.3 is 20.3 Å². The van der Waals surface area contributed by atoms with E-state index in [1.165, 1.54) is 4.90 Å². The maximum atomic E-state index is 13.6. The van der Waals surface area contributed by atoms with Crippen LogP contribution in [-0.4, -0.2) is 69.5 Å². The highest BCUT2D eigenvalue weighted by Gasteiger charge is 2.74. The number of ketones is 1. The first kappa shape index (κ1) is 32.4. The normalized spacial score (nSPS) is 25.8. The average molecular weight is 601 g/mol. The number of alkyl halides is 2. The molecule has 2 N–H and O–H groups in total. The second-order valence-corrected chi connectivity index (χ2v) is 14.2. The summed E-state index contributed by atoms with van der Waals surface area (Å²) in [5.74, 6) is -4.05. The number of hydrogen-bond donors (Lipinski definition) is 2. The van der Waals surface area contributed by atoms with Crippen molar-refractivity contribution < 1.29 is 28.7 Å². The Morgan fingerprint density at radius 2 is 1.77 bits per heavy atom. The van der Waals surface area contributed by atoms with Gasteiger partial charge in [0, 0.05) is 30.8 Å². The number of esters is 1. The summed E-state index contributed by atoms with van der Waals surface area (Å²) in [6, 6.07) is -2.10. The number of allylic oxidation sites excluding steroid dienone is 1. The van der Waals surface area contributed by atoms with Gasteiger partial charge in [-0.2, -0.15) is 0 Å². The summed E-state index contributed by atoms with van der Waals surface area (Å²) in [6.45, 7) is 13.4. The summed E-state index contributed by atoms with van der Waals surface area (Å²) in [5, 5.41) is 5.15. The van der Waals surface area contributed by atoms with Gasteiger partial charge in [0.1, 0.15) is 16.0 Å². The Kier molecular flexibility index (Phi) is 10.0. The summed E-state index contributed by atoms with van der Waals surface area (Å²) in [6.07, 6.45) is 5.65. The topological polar surface area (TPSA) is 122 Å². The summed E-state index contributed by atoms with van der Waals surface area (Å²) >= 11 is 12.9. The van der Waals surface area contributed by atoms with Crippen molar-refractivity contribution in [2.45, 2.75) is 102 Å². The molecule has 3 rings (SSSR count). The molecule has 0 aromatic heterocycles. The highest BCUT2D eigenvalue weighted by molar-refractivity contribution is 6.51. The molecule has 2 saturated carbocycles. The number of carbonyl (C=O) groups is 5. The Morgan fingerprint density at radius 3 is 2.35 bits per heavy atom. The van der Waals surface area contributed by atoms with Gasteiger partial charge in [0.15, 0.2) is 0 Å². The molecule has 0 aromatic carbocycles. The minimum absolute atomic E-state index is 0.0675. The molecule has 0 spiro atoms. The predicted octanol–water partition coefficient (Wildman–Crippen LogP) is 3.70. The van der Waals surface area contributed by atoms with Crippen molar-refractivity contribution in [2.24, 2.45) is 23.2 Å². The molecule has 3 aliphatic rings. The first-order valence-electron chi connectivity index (χ1n) is 14.2. The second kappa shape index (κ2) is 12.4. The third-order valence-corrected chi connectivity index (χ3v) is 9.77. The maximum Gasteiger partial charge on any atom is 0.308 e. The van der Waals surface area contributed by atoms with Crippen molar-refractivity contribution in [2.75, 3.05) is 13.1 Å². The molecule has 0 aromatic rings. The highest BCUT2D eigenvalue weighted by Crippen LogP contribution is 2.65. The molecule has 1 saturated heterocycles. The van der Waals surface area contributed by atoms with Gasteiger partial charge in [-0.3, -0.25) is 24.0 Å². The van der Waals surface area contributed by atoms with Crippen LogP contribution in [0.15, 0.2) is 12.7 Å². The molecule has 1 aliphatic heterocycles. The monoisotopic (exact) mass is 599 g/mol. The van der Waals surface area contributed by atoms with Crippen molar-refractivity contribution in [1.82, 2.24) is 15.5 Å². The molecule has 3 fully saturated rings. The number of nitrogens with zero attached hydrogens (tertiary/aromatic N) is 1. The standard InChI is InChI=1S/C29H43Cl2N3O6/c1-7-8-11-19(23(36)25(38)32-15-12-20(35)40-28(6)13-9-10-14-28)33-24(37)22-21-18(29(21,30)31)16-34(22)26(39)17(2)27(3,4)5/h7,17-19,21-22H,1,8-16H2,2-6H3,(H,32,38)(H,33,37)/t17-,18+,19?,21+,22+/m1/s1. The number of ether oxygens (including phenoxy) is 1. The van der Waals surface area contributed by atoms with Crippen molar-refractivity contribution >= 4 is 52.7 Å². The fraction of sp³-hybridized carbons (Fsp3) is 0.759. The van der Waals surface area contributed by atoms with Crippen LogP contribution in [0.5, 0.6) is 0 Å². The quantitative estimate of drug-likeness (QED) is 0.153. The average Bonchev–Trinajstić information content (AvgIpc) is 3.23. The minimum Gasteiger partial charge on any atom is -0.459 e. The Morgan fingerprint density at radius 1 is 1.15 bits per heavy atom. The van der Waals surface area contributed by atoms with E-state index in [-0.39, 0.29) is 49.1 Å². The number of nitrogens with one attached hydrogen (secondary N) is 2. The van der Waals surface area contributed by atoms with E-state index in [9.17, 15) is 24.0 Å². The molecular formula is C29H43Cl2N3O6. The Balaban J connectivity index is 1.63. The summed E-state index contributed by atoms with van der Waals surface area (Å²) < 4.78 is 4.42. The van der Waals surface area contributed by atoms with Crippen LogP contribution in [0.25, 0.3) is 0 Å². The number of fused-ring (bicyclic) bond motifs is 1. The number of rotatable bonds is 12. The fourth-order valence-corrected chi connectivity index (χ4v) is 6.46. The number of piperidine rings is 1. The van der Waals surface area contributed by atoms with Gasteiger partial charge in [-0.1, -0.05) is 33.8 Å². The third-order valence-electron chi connectivity index (χ3n) is 8.71. The van der Waals surface area contributed by atoms with Gasteiger partial charge in [-0.05, 0) is 50.9 Å². The van der Waals surface area contributed by atoms with Crippen molar-refractivity contribution in [1.29, 1.82) is 0 Å². The fourth-order valence-electron chi connectivity index (χ4n) is 5.64. The molecule has 1 heterocycles. The van der Waals surface area contributed by atoms with Crippen LogP contribution in [0.2, 0.25) is 0 Å². The zero-order chi connectivity index (χ0) is 30.0. The van der Waals surface area contributed by atoms with Crippen molar-refractivity contribution in [3.05, 3.63) is 12.7 Å². The van der Waals surface area contributed by atoms with E-state index < -0.39 is 51.5 Å². The van der Waals surface area contributed by atoms with Crippen LogP contribution in [0.1, 0.15) is 79.6 Å². The molecule has 40 heavy (non-hydrogen) atoms. The van der Waals surface area contributed by atoms with Crippen LogP contribution in [-0.2, 0) is 28.7 Å².